The van der Waals surface area contributed by atoms with E-state index in [1.807, 2.05) is 24.1 Å². The topological polar surface area (TPSA) is 43.8 Å². The van der Waals surface area contributed by atoms with Crippen LogP contribution in [0.2, 0.25) is 0 Å². The van der Waals surface area contributed by atoms with Crippen LogP contribution in [0, 0.1) is 52.3 Å². The van der Waals surface area contributed by atoms with E-state index >= 15 is 0 Å². The minimum absolute atomic E-state index is 0.121. The fraction of sp³-hybridized carbons (Fsp3) is 0.909. The number of amides is 1. The van der Waals surface area contributed by atoms with Crippen LogP contribution in [0.4, 0.5) is 0 Å². The predicted octanol–water partition coefficient (Wildman–Crippen LogP) is 7.33. The molecule has 0 radical (unpaired) electrons. The van der Waals surface area contributed by atoms with E-state index < -0.39 is 6.10 Å². The molecule has 4 rings (SSSR count). The molecule has 1 unspecified atom stereocenters. The number of carbonyl (C=O) groups is 1. The molecule has 0 aromatic heterocycles. The van der Waals surface area contributed by atoms with Crippen LogP contribution in [0.25, 0.3) is 0 Å². The first-order valence-corrected chi connectivity index (χ1v) is 15.8. The standard InChI is InChI=1S/C33H58N2O2/c1-9-19-35(34(7)8)31(37)30-21-25(36)20-24-13-14-26-28-16-15-27(23(4)12-10-11-22(2)3)32(28,5)18-17-29(26)33(24,30)6/h13,22-23,25-30,36H,9-12,14-21H2,1-8H3/t23-,25-,26+,27-,28+,29+,30?,32-,33+/m1/s1. The molecule has 4 aliphatic rings. The zero-order chi connectivity index (χ0) is 27.1. The van der Waals surface area contributed by atoms with Crippen molar-refractivity contribution in [3.63, 3.8) is 0 Å². The Morgan fingerprint density at radius 3 is 2.49 bits per heavy atom. The first kappa shape index (κ1) is 29.1. The Morgan fingerprint density at radius 1 is 1.11 bits per heavy atom. The quantitative estimate of drug-likeness (QED) is 0.259. The Labute approximate surface area is 228 Å². The van der Waals surface area contributed by atoms with Gasteiger partial charge in [0.25, 0.3) is 0 Å². The summed E-state index contributed by atoms with van der Waals surface area (Å²) >= 11 is 0. The maximum atomic E-state index is 14.1. The molecule has 0 heterocycles. The molecule has 0 aromatic carbocycles. The number of hydrogen-bond acceptors (Lipinski definition) is 3. The van der Waals surface area contributed by atoms with Crippen LogP contribution in [0.3, 0.4) is 0 Å². The lowest BCUT2D eigenvalue weighted by Gasteiger charge is -2.60. The molecule has 37 heavy (non-hydrogen) atoms. The molecule has 212 valence electrons. The van der Waals surface area contributed by atoms with Gasteiger partial charge in [-0.1, -0.05) is 72.5 Å². The van der Waals surface area contributed by atoms with Crippen molar-refractivity contribution in [2.24, 2.45) is 52.3 Å². The number of nitrogens with zero attached hydrogens (tertiary/aromatic N) is 2. The molecule has 0 aliphatic heterocycles. The highest BCUT2D eigenvalue weighted by molar-refractivity contribution is 5.80. The number of aliphatic hydroxyl groups is 1. The van der Waals surface area contributed by atoms with Crippen molar-refractivity contribution in [1.29, 1.82) is 0 Å². The summed E-state index contributed by atoms with van der Waals surface area (Å²) in [6.45, 7) is 15.2. The maximum absolute atomic E-state index is 14.1. The zero-order valence-corrected chi connectivity index (χ0v) is 25.4. The summed E-state index contributed by atoms with van der Waals surface area (Å²) in [7, 11) is 3.98. The third-order valence-electron chi connectivity index (χ3n) is 11.9. The molecule has 0 saturated heterocycles. The largest absolute Gasteiger partial charge is 0.393 e. The number of aliphatic hydroxyl groups excluding tert-OH is 1. The second-order valence-electron chi connectivity index (χ2n) is 14.6. The van der Waals surface area contributed by atoms with Gasteiger partial charge in [-0.05, 0) is 92.3 Å². The average molecular weight is 515 g/mol. The summed E-state index contributed by atoms with van der Waals surface area (Å²) in [5, 5.41) is 14.8. The van der Waals surface area contributed by atoms with E-state index in [1.165, 1.54) is 50.5 Å². The highest BCUT2D eigenvalue weighted by Gasteiger charge is 2.62. The normalized spacial score (nSPS) is 40.1. The van der Waals surface area contributed by atoms with Crippen molar-refractivity contribution in [3.8, 4) is 0 Å². The summed E-state index contributed by atoms with van der Waals surface area (Å²) < 4.78 is 0. The number of carbonyl (C=O) groups excluding carboxylic acids is 1. The molecule has 3 fully saturated rings. The second kappa shape index (κ2) is 11.3. The number of hydrogen-bond donors (Lipinski definition) is 1. The number of allylic oxidation sites excluding steroid dienone is 1. The van der Waals surface area contributed by atoms with Gasteiger partial charge in [0.05, 0.1) is 12.0 Å². The van der Waals surface area contributed by atoms with Crippen molar-refractivity contribution < 1.29 is 9.90 Å². The van der Waals surface area contributed by atoms with Crippen LogP contribution in [-0.2, 0) is 4.79 Å². The van der Waals surface area contributed by atoms with Crippen molar-refractivity contribution in [3.05, 3.63) is 11.6 Å². The molecule has 0 aromatic rings. The van der Waals surface area contributed by atoms with Gasteiger partial charge in [-0.25, -0.2) is 5.01 Å². The van der Waals surface area contributed by atoms with E-state index in [1.54, 1.807) is 0 Å². The molecule has 3 saturated carbocycles. The van der Waals surface area contributed by atoms with Crippen molar-refractivity contribution >= 4 is 5.91 Å². The molecule has 0 spiro atoms. The molecule has 4 heteroatoms. The molecular weight excluding hydrogens is 456 g/mol. The highest BCUT2D eigenvalue weighted by Crippen LogP contribution is 2.68. The minimum Gasteiger partial charge on any atom is -0.393 e. The van der Waals surface area contributed by atoms with Gasteiger partial charge >= 0.3 is 0 Å². The monoisotopic (exact) mass is 514 g/mol. The molecule has 0 bridgehead atoms. The van der Waals surface area contributed by atoms with Gasteiger partial charge in [-0.3, -0.25) is 9.80 Å². The molecule has 1 amide bonds. The minimum atomic E-state index is -0.396. The van der Waals surface area contributed by atoms with Crippen molar-refractivity contribution in [2.75, 3.05) is 20.6 Å². The zero-order valence-electron chi connectivity index (χ0n) is 25.4. The third kappa shape index (κ3) is 5.20. The number of fused-ring (bicyclic) bond motifs is 5. The van der Waals surface area contributed by atoms with Gasteiger partial charge in [0.2, 0.25) is 5.91 Å². The number of rotatable bonds is 9. The lowest BCUT2D eigenvalue weighted by Crippen LogP contribution is -2.58. The van der Waals surface area contributed by atoms with Gasteiger partial charge in [0, 0.05) is 26.1 Å². The van der Waals surface area contributed by atoms with E-state index in [9.17, 15) is 9.90 Å². The lowest BCUT2D eigenvalue weighted by molar-refractivity contribution is -0.162. The van der Waals surface area contributed by atoms with Gasteiger partial charge in [0.1, 0.15) is 0 Å². The Morgan fingerprint density at radius 2 is 1.84 bits per heavy atom. The van der Waals surface area contributed by atoms with Gasteiger partial charge < -0.3 is 5.11 Å². The van der Waals surface area contributed by atoms with E-state index in [2.05, 4.69) is 47.6 Å². The highest BCUT2D eigenvalue weighted by atomic mass is 16.3. The molecule has 1 N–H and O–H groups in total. The third-order valence-corrected chi connectivity index (χ3v) is 11.9. The van der Waals surface area contributed by atoms with E-state index in [0.29, 0.717) is 23.7 Å². The Kier molecular flexibility index (Phi) is 8.91. The summed E-state index contributed by atoms with van der Waals surface area (Å²) in [4.78, 5) is 14.1. The van der Waals surface area contributed by atoms with E-state index in [-0.39, 0.29) is 17.2 Å². The fourth-order valence-electron chi connectivity index (χ4n) is 10.0. The van der Waals surface area contributed by atoms with Crippen LogP contribution in [-0.4, -0.2) is 47.8 Å². The second-order valence-corrected chi connectivity index (χ2v) is 14.6. The van der Waals surface area contributed by atoms with Crippen LogP contribution < -0.4 is 0 Å². The molecule has 9 atom stereocenters. The van der Waals surface area contributed by atoms with E-state index in [4.69, 9.17) is 0 Å². The average Bonchev–Trinajstić information content (AvgIpc) is 3.19. The first-order valence-electron chi connectivity index (χ1n) is 15.8. The number of hydrazine groups is 1. The summed E-state index contributed by atoms with van der Waals surface area (Å²) in [6, 6.07) is 0. The SMILES string of the molecule is CCCN(C(=O)C1C[C@H](O)CC2=CC[C@H]3[C@@H]4CC[C@H]([C@H](C)CCCC(C)C)[C@@]4(C)CC[C@@H]3[C@]21C)N(C)C. The van der Waals surface area contributed by atoms with Gasteiger partial charge in [-0.15, -0.1) is 0 Å². The van der Waals surface area contributed by atoms with E-state index in [0.717, 1.165) is 49.5 Å². The Hall–Kier alpha value is -0.870. The van der Waals surface area contributed by atoms with Crippen LogP contribution >= 0.6 is 0 Å². The maximum Gasteiger partial charge on any atom is 0.240 e. The van der Waals surface area contributed by atoms with Crippen LogP contribution in [0.5, 0.6) is 0 Å². The van der Waals surface area contributed by atoms with Crippen LogP contribution in [0.1, 0.15) is 112 Å². The van der Waals surface area contributed by atoms with Crippen LogP contribution in [0.15, 0.2) is 11.6 Å². The van der Waals surface area contributed by atoms with Crippen molar-refractivity contribution in [1.82, 2.24) is 10.0 Å². The molecular formula is C33H58N2O2. The summed E-state index contributed by atoms with van der Waals surface area (Å²) in [6.07, 6.45) is 15.0. The summed E-state index contributed by atoms with van der Waals surface area (Å²) in [5.74, 6) is 4.61. The lowest BCUT2D eigenvalue weighted by atomic mass is 9.44. The Bertz CT molecular complexity index is 836. The van der Waals surface area contributed by atoms with Crippen molar-refractivity contribution in [2.45, 2.75) is 118 Å². The predicted molar refractivity (Wildman–Crippen MR) is 154 cm³/mol. The molecule has 4 nitrogen and oxygen atoms in total. The fourth-order valence-corrected chi connectivity index (χ4v) is 10.0. The Balaban J connectivity index is 1.59. The molecule has 4 aliphatic carbocycles. The van der Waals surface area contributed by atoms with Gasteiger partial charge in [0.15, 0.2) is 0 Å². The first-order chi connectivity index (χ1) is 17.4. The summed E-state index contributed by atoms with van der Waals surface area (Å²) in [5.41, 5.74) is 1.72. The van der Waals surface area contributed by atoms with Gasteiger partial charge in [-0.2, -0.15) is 0 Å². The smallest absolute Gasteiger partial charge is 0.240 e.